The van der Waals surface area contributed by atoms with Gasteiger partial charge in [-0.05, 0) is 45.6 Å². The van der Waals surface area contributed by atoms with E-state index in [0.29, 0.717) is 6.54 Å². The van der Waals surface area contributed by atoms with Gasteiger partial charge >= 0.3 is 6.09 Å². The molecule has 5 nitrogen and oxygen atoms in total. The minimum atomic E-state index is -0.516. The van der Waals surface area contributed by atoms with Crippen LogP contribution in [0.5, 0.6) is 0 Å². The molecular formula is C15H22N2O3. The van der Waals surface area contributed by atoms with Gasteiger partial charge in [0.15, 0.2) is 0 Å². The smallest absolute Gasteiger partial charge is 0.414 e. The summed E-state index contributed by atoms with van der Waals surface area (Å²) in [5, 5.41) is 3.02. The van der Waals surface area contributed by atoms with Gasteiger partial charge in [-0.3, -0.25) is 4.90 Å². The quantitative estimate of drug-likeness (QED) is 0.725. The van der Waals surface area contributed by atoms with Crippen LogP contribution in [0.15, 0.2) is 28.6 Å². The van der Waals surface area contributed by atoms with E-state index in [-0.39, 0.29) is 18.6 Å². The Balaban J connectivity index is 2.25. The zero-order valence-electron chi connectivity index (χ0n) is 12.4. The van der Waals surface area contributed by atoms with Crippen LogP contribution >= 0.6 is 0 Å². The molecular weight excluding hydrogens is 256 g/mol. The Hall–Kier alpha value is -1.65. The van der Waals surface area contributed by atoms with Crippen molar-refractivity contribution >= 4 is 6.09 Å². The van der Waals surface area contributed by atoms with Crippen molar-refractivity contribution in [2.24, 2.45) is 11.1 Å². The average molecular weight is 278 g/mol. The second kappa shape index (κ2) is 5.77. The van der Waals surface area contributed by atoms with Gasteiger partial charge in [0, 0.05) is 18.2 Å². The summed E-state index contributed by atoms with van der Waals surface area (Å²) in [5.74, 6) is 0.000295. The molecule has 110 valence electrons. The van der Waals surface area contributed by atoms with Crippen LogP contribution in [0.4, 0.5) is 4.79 Å². The van der Waals surface area contributed by atoms with Crippen molar-refractivity contribution in [3.63, 3.8) is 0 Å². The summed E-state index contributed by atoms with van der Waals surface area (Å²) in [5.41, 5.74) is 1.56. The van der Waals surface area contributed by atoms with Crippen molar-refractivity contribution in [3.8, 4) is 0 Å². The minimum Gasteiger partial charge on any atom is -0.443 e. The number of ether oxygens (including phenoxy) is 1. The first kappa shape index (κ1) is 14.8. The van der Waals surface area contributed by atoms with Gasteiger partial charge in [-0.25, -0.2) is 4.79 Å². The van der Waals surface area contributed by atoms with Crippen molar-refractivity contribution in [2.45, 2.75) is 45.6 Å². The Morgan fingerprint density at radius 3 is 2.90 bits per heavy atom. The molecule has 1 unspecified atom stereocenters. The number of allylic oxidation sites excluding steroid dienone is 3. The standard InChI is InChI=1S/C15H22N2O3/c1-15(2,3)20-14(18)17-9-5-8-11-6-4-7-12(10-16-19)13(11)17/h4,6,12H,5,7-10H2,1-3H3. The summed E-state index contributed by atoms with van der Waals surface area (Å²) in [6.45, 7) is 6.43. The van der Waals surface area contributed by atoms with Gasteiger partial charge in [0.2, 0.25) is 0 Å². The molecule has 0 fully saturated rings. The average Bonchev–Trinajstić information content (AvgIpc) is 2.36. The Bertz CT molecular complexity index is 458. The molecule has 0 saturated heterocycles. The van der Waals surface area contributed by atoms with E-state index in [1.54, 1.807) is 4.90 Å². The van der Waals surface area contributed by atoms with Gasteiger partial charge in [0.25, 0.3) is 0 Å². The minimum absolute atomic E-state index is 0.000295. The second-order valence-corrected chi connectivity index (χ2v) is 6.29. The molecule has 1 atom stereocenters. The Kier molecular flexibility index (Phi) is 4.26. The molecule has 0 saturated carbocycles. The molecule has 1 heterocycles. The van der Waals surface area contributed by atoms with Gasteiger partial charge in [-0.1, -0.05) is 17.3 Å². The first-order chi connectivity index (χ1) is 9.42. The van der Waals surface area contributed by atoms with Crippen LogP contribution in [-0.2, 0) is 4.74 Å². The van der Waals surface area contributed by atoms with Gasteiger partial charge in [0.05, 0.1) is 6.54 Å². The maximum Gasteiger partial charge on any atom is 0.414 e. The van der Waals surface area contributed by atoms with Crippen LogP contribution in [0, 0.1) is 10.8 Å². The molecule has 0 spiro atoms. The van der Waals surface area contributed by atoms with Crippen molar-refractivity contribution in [1.82, 2.24) is 4.90 Å². The van der Waals surface area contributed by atoms with E-state index in [9.17, 15) is 9.70 Å². The molecule has 1 amide bonds. The zero-order valence-corrected chi connectivity index (χ0v) is 12.4. The fraction of sp³-hybridized carbons (Fsp3) is 0.667. The molecule has 0 aromatic heterocycles. The topological polar surface area (TPSA) is 59.0 Å². The molecule has 1 aliphatic carbocycles. The highest BCUT2D eigenvalue weighted by atomic mass is 16.6. The maximum atomic E-state index is 12.4. The number of rotatable bonds is 2. The van der Waals surface area contributed by atoms with Crippen molar-refractivity contribution < 1.29 is 9.53 Å². The zero-order chi connectivity index (χ0) is 14.8. The largest absolute Gasteiger partial charge is 0.443 e. The lowest BCUT2D eigenvalue weighted by molar-refractivity contribution is 0.0279. The highest BCUT2D eigenvalue weighted by Crippen LogP contribution is 2.35. The number of nitroso groups, excluding NO2 is 1. The molecule has 1 aliphatic heterocycles. The van der Waals surface area contributed by atoms with Crippen molar-refractivity contribution in [2.75, 3.05) is 13.1 Å². The number of hydrogen-bond acceptors (Lipinski definition) is 4. The van der Waals surface area contributed by atoms with Gasteiger partial charge in [-0.15, -0.1) is 0 Å². The van der Waals surface area contributed by atoms with E-state index in [2.05, 4.69) is 17.3 Å². The van der Waals surface area contributed by atoms with E-state index >= 15 is 0 Å². The third-order valence-electron chi connectivity index (χ3n) is 3.48. The summed E-state index contributed by atoms with van der Waals surface area (Å²) in [7, 11) is 0. The van der Waals surface area contributed by atoms with E-state index in [1.165, 1.54) is 0 Å². The van der Waals surface area contributed by atoms with Crippen LogP contribution in [0.25, 0.3) is 0 Å². The van der Waals surface area contributed by atoms with Crippen LogP contribution < -0.4 is 0 Å². The summed E-state index contributed by atoms with van der Waals surface area (Å²) in [6, 6.07) is 0. The molecule has 2 aliphatic rings. The molecule has 0 bridgehead atoms. The fourth-order valence-electron chi connectivity index (χ4n) is 2.74. The fourth-order valence-corrected chi connectivity index (χ4v) is 2.74. The predicted molar refractivity (Wildman–Crippen MR) is 77.1 cm³/mol. The molecule has 5 heteroatoms. The highest BCUT2D eigenvalue weighted by Gasteiger charge is 2.33. The van der Waals surface area contributed by atoms with E-state index < -0.39 is 5.60 Å². The Labute approximate surface area is 119 Å². The monoisotopic (exact) mass is 278 g/mol. The van der Waals surface area contributed by atoms with Crippen molar-refractivity contribution in [1.29, 1.82) is 0 Å². The van der Waals surface area contributed by atoms with E-state index in [1.807, 2.05) is 20.8 Å². The molecule has 0 N–H and O–H groups in total. The molecule has 0 aromatic rings. The van der Waals surface area contributed by atoms with E-state index in [4.69, 9.17) is 4.74 Å². The van der Waals surface area contributed by atoms with Crippen LogP contribution in [0.2, 0.25) is 0 Å². The molecule has 2 rings (SSSR count). The highest BCUT2D eigenvalue weighted by molar-refractivity contribution is 5.71. The van der Waals surface area contributed by atoms with Crippen LogP contribution in [0.3, 0.4) is 0 Å². The summed E-state index contributed by atoms with van der Waals surface area (Å²) in [4.78, 5) is 24.7. The van der Waals surface area contributed by atoms with Gasteiger partial charge in [0.1, 0.15) is 5.60 Å². The summed E-state index contributed by atoms with van der Waals surface area (Å²) < 4.78 is 5.47. The number of amides is 1. The SMILES string of the molecule is CC(C)(C)OC(=O)N1CCCC2=C1C(CN=O)CC=C2. The molecule has 0 radical (unpaired) electrons. The second-order valence-electron chi connectivity index (χ2n) is 6.29. The van der Waals surface area contributed by atoms with E-state index in [0.717, 1.165) is 30.5 Å². The number of hydrogen-bond donors (Lipinski definition) is 0. The van der Waals surface area contributed by atoms with Gasteiger partial charge in [-0.2, -0.15) is 4.91 Å². The van der Waals surface area contributed by atoms with Crippen molar-refractivity contribution in [3.05, 3.63) is 28.3 Å². The lowest BCUT2D eigenvalue weighted by Crippen LogP contribution is -2.42. The number of carbonyl (C=O) groups is 1. The first-order valence-corrected chi connectivity index (χ1v) is 7.11. The van der Waals surface area contributed by atoms with Crippen LogP contribution in [0.1, 0.15) is 40.0 Å². The summed E-state index contributed by atoms with van der Waals surface area (Å²) >= 11 is 0. The maximum absolute atomic E-state index is 12.4. The van der Waals surface area contributed by atoms with Crippen LogP contribution in [-0.4, -0.2) is 29.7 Å². The lowest BCUT2D eigenvalue weighted by atomic mass is 9.87. The third kappa shape index (κ3) is 3.26. The summed E-state index contributed by atoms with van der Waals surface area (Å²) in [6.07, 6.45) is 6.42. The number of carbonyl (C=O) groups excluding carboxylic acids is 1. The Morgan fingerprint density at radius 2 is 2.25 bits per heavy atom. The lowest BCUT2D eigenvalue weighted by Gasteiger charge is -2.37. The third-order valence-corrected chi connectivity index (χ3v) is 3.48. The number of nitrogens with zero attached hydrogens (tertiary/aromatic N) is 2. The predicted octanol–water partition coefficient (Wildman–Crippen LogP) is 3.61. The normalized spacial score (nSPS) is 22.6. The Morgan fingerprint density at radius 1 is 1.50 bits per heavy atom. The van der Waals surface area contributed by atoms with Gasteiger partial charge < -0.3 is 4.74 Å². The molecule has 20 heavy (non-hydrogen) atoms. The first-order valence-electron chi connectivity index (χ1n) is 7.11. The molecule has 0 aromatic carbocycles.